The van der Waals surface area contributed by atoms with E-state index in [9.17, 15) is 13.2 Å². The maximum atomic E-state index is 12.1. The van der Waals surface area contributed by atoms with Crippen molar-refractivity contribution in [3.63, 3.8) is 0 Å². The van der Waals surface area contributed by atoms with Gasteiger partial charge in [-0.2, -0.15) is 5.10 Å². The molecule has 0 unspecified atom stereocenters. The van der Waals surface area contributed by atoms with Gasteiger partial charge in [0.05, 0.1) is 5.56 Å². The van der Waals surface area contributed by atoms with Crippen LogP contribution in [0.4, 0.5) is 5.82 Å². The SMILES string of the molecule is CCc1[nH]nc(NC(=O)c2ccc(S(=O)(=O)NC)nc2)c1C. The summed E-state index contributed by atoms with van der Waals surface area (Å²) < 4.78 is 25.3. The standard InChI is InChI=1S/C13H17N5O3S/c1-4-10-8(2)12(18-17-10)16-13(19)9-5-6-11(15-7-9)22(20,21)14-3/h5-7,14H,4H2,1-3H3,(H2,16,17,18,19). The zero-order valence-electron chi connectivity index (χ0n) is 12.5. The van der Waals surface area contributed by atoms with Gasteiger partial charge in [-0.1, -0.05) is 6.92 Å². The molecular weight excluding hydrogens is 306 g/mol. The van der Waals surface area contributed by atoms with E-state index in [4.69, 9.17) is 0 Å². The monoisotopic (exact) mass is 323 g/mol. The maximum absolute atomic E-state index is 12.1. The van der Waals surface area contributed by atoms with Crippen LogP contribution in [0.5, 0.6) is 0 Å². The molecule has 0 fully saturated rings. The summed E-state index contributed by atoms with van der Waals surface area (Å²) in [4.78, 5) is 15.9. The highest BCUT2D eigenvalue weighted by atomic mass is 32.2. The number of hydrogen-bond acceptors (Lipinski definition) is 5. The molecule has 0 aromatic carbocycles. The third kappa shape index (κ3) is 3.15. The first-order valence-electron chi connectivity index (χ1n) is 6.63. The molecule has 0 aliphatic heterocycles. The third-order valence-corrected chi connectivity index (χ3v) is 4.57. The van der Waals surface area contributed by atoms with Crippen molar-refractivity contribution < 1.29 is 13.2 Å². The molecule has 0 saturated heterocycles. The third-order valence-electron chi connectivity index (χ3n) is 3.24. The Hall–Kier alpha value is -2.26. The topological polar surface area (TPSA) is 117 Å². The predicted octanol–water partition coefficient (Wildman–Crippen LogP) is 0.836. The molecule has 118 valence electrons. The van der Waals surface area contributed by atoms with Gasteiger partial charge in [0.2, 0.25) is 0 Å². The highest BCUT2D eigenvalue weighted by Crippen LogP contribution is 2.16. The van der Waals surface area contributed by atoms with Crippen molar-refractivity contribution in [3.8, 4) is 0 Å². The van der Waals surface area contributed by atoms with E-state index in [1.54, 1.807) is 0 Å². The highest BCUT2D eigenvalue weighted by molar-refractivity contribution is 7.89. The summed E-state index contributed by atoms with van der Waals surface area (Å²) in [5, 5.41) is 9.41. The smallest absolute Gasteiger partial charge is 0.258 e. The largest absolute Gasteiger partial charge is 0.305 e. The summed E-state index contributed by atoms with van der Waals surface area (Å²) in [5.41, 5.74) is 2.07. The Morgan fingerprint density at radius 3 is 2.59 bits per heavy atom. The molecule has 0 spiro atoms. The van der Waals surface area contributed by atoms with Crippen molar-refractivity contribution in [2.45, 2.75) is 25.3 Å². The van der Waals surface area contributed by atoms with Crippen LogP contribution in [0, 0.1) is 6.92 Å². The molecule has 0 aliphatic rings. The second kappa shape index (κ2) is 6.24. The second-order valence-electron chi connectivity index (χ2n) is 4.58. The minimum absolute atomic E-state index is 0.143. The summed E-state index contributed by atoms with van der Waals surface area (Å²) in [6, 6.07) is 2.67. The molecule has 0 atom stereocenters. The first-order valence-corrected chi connectivity index (χ1v) is 8.12. The Morgan fingerprint density at radius 1 is 1.36 bits per heavy atom. The van der Waals surface area contributed by atoms with E-state index in [1.807, 2.05) is 13.8 Å². The normalized spacial score (nSPS) is 11.4. The van der Waals surface area contributed by atoms with Crippen molar-refractivity contribution in [3.05, 3.63) is 35.2 Å². The summed E-state index contributed by atoms with van der Waals surface area (Å²) >= 11 is 0. The lowest BCUT2D eigenvalue weighted by molar-refractivity contribution is 0.102. The molecule has 2 heterocycles. The van der Waals surface area contributed by atoms with E-state index in [2.05, 4.69) is 25.2 Å². The first kappa shape index (κ1) is 16.1. The molecule has 8 nitrogen and oxygen atoms in total. The molecule has 3 N–H and O–H groups in total. The number of nitrogens with zero attached hydrogens (tertiary/aromatic N) is 2. The van der Waals surface area contributed by atoms with E-state index in [-0.39, 0.29) is 10.6 Å². The number of aryl methyl sites for hydroxylation is 1. The zero-order chi connectivity index (χ0) is 16.3. The summed E-state index contributed by atoms with van der Waals surface area (Å²) in [6.45, 7) is 3.84. The number of amides is 1. The van der Waals surface area contributed by atoms with E-state index in [0.29, 0.717) is 5.82 Å². The van der Waals surface area contributed by atoms with E-state index in [1.165, 1.54) is 25.4 Å². The van der Waals surface area contributed by atoms with Crippen molar-refractivity contribution in [1.82, 2.24) is 19.9 Å². The van der Waals surface area contributed by atoms with Crippen LogP contribution in [0.15, 0.2) is 23.4 Å². The zero-order valence-corrected chi connectivity index (χ0v) is 13.3. The van der Waals surface area contributed by atoms with Gasteiger partial charge in [0.25, 0.3) is 15.9 Å². The lowest BCUT2D eigenvalue weighted by atomic mass is 10.2. The fourth-order valence-corrected chi connectivity index (χ4v) is 2.51. The Morgan fingerprint density at radius 2 is 2.09 bits per heavy atom. The second-order valence-corrected chi connectivity index (χ2v) is 6.41. The number of aromatic amines is 1. The van der Waals surface area contributed by atoms with E-state index < -0.39 is 15.9 Å². The molecule has 22 heavy (non-hydrogen) atoms. The van der Waals surface area contributed by atoms with Crippen LogP contribution in [0.1, 0.15) is 28.5 Å². The van der Waals surface area contributed by atoms with Crippen LogP contribution in [0.25, 0.3) is 0 Å². The molecule has 1 amide bonds. The maximum Gasteiger partial charge on any atom is 0.258 e. The summed E-state index contributed by atoms with van der Waals surface area (Å²) in [7, 11) is -2.32. The molecular formula is C13H17N5O3S. The van der Waals surface area contributed by atoms with Crippen molar-refractivity contribution >= 4 is 21.7 Å². The van der Waals surface area contributed by atoms with Crippen LogP contribution in [-0.4, -0.2) is 36.6 Å². The number of sulfonamides is 1. The van der Waals surface area contributed by atoms with Crippen molar-refractivity contribution in [2.24, 2.45) is 0 Å². The van der Waals surface area contributed by atoms with Gasteiger partial charge in [-0.25, -0.2) is 18.1 Å². The van der Waals surface area contributed by atoms with Crippen LogP contribution < -0.4 is 10.0 Å². The van der Waals surface area contributed by atoms with Gasteiger partial charge < -0.3 is 5.32 Å². The molecule has 0 saturated carbocycles. The molecule has 0 radical (unpaired) electrons. The van der Waals surface area contributed by atoms with Gasteiger partial charge in [0, 0.05) is 17.5 Å². The fourth-order valence-electron chi connectivity index (χ4n) is 1.86. The molecule has 2 aromatic rings. The fraction of sp³-hybridized carbons (Fsp3) is 0.308. The number of anilines is 1. The van der Waals surface area contributed by atoms with Crippen LogP contribution >= 0.6 is 0 Å². The van der Waals surface area contributed by atoms with Crippen LogP contribution in [-0.2, 0) is 16.4 Å². The quantitative estimate of drug-likeness (QED) is 0.753. The average Bonchev–Trinajstić information content (AvgIpc) is 2.87. The van der Waals surface area contributed by atoms with Crippen LogP contribution in [0.2, 0.25) is 0 Å². The molecule has 2 aromatic heterocycles. The van der Waals surface area contributed by atoms with Gasteiger partial charge in [0.15, 0.2) is 10.8 Å². The average molecular weight is 323 g/mol. The van der Waals surface area contributed by atoms with E-state index >= 15 is 0 Å². The van der Waals surface area contributed by atoms with Crippen molar-refractivity contribution in [1.29, 1.82) is 0 Å². The van der Waals surface area contributed by atoms with Gasteiger partial charge >= 0.3 is 0 Å². The van der Waals surface area contributed by atoms with Gasteiger partial charge in [-0.3, -0.25) is 9.89 Å². The molecule has 0 bridgehead atoms. The number of aromatic nitrogens is 3. The predicted molar refractivity (Wildman–Crippen MR) is 81.1 cm³/mol. The van der Waals surface area contributed by atoms with Crippen molar-refractivity contribution in [2.75, 3.05) is 12.4 Å². The Balaban J connectivity index is 2.18. The number of carbonyl (C=O) groups excluding carboxylic acids is 1. The molecule has 0 aliphatic carbocycles. The number of nitrogens with one attached hydrogen (secondary N) is 3. The Bertz CT molecular complexity index is 781. The van der Waals surface area contributed by atoms with Crippen LogP contribution in [0.3, 0.4) is 0 Å². The molecule has 9 heteroatoms. The van der Waals surface area contributed by atoms with Gasteiger partial charge in [0.1, 0.15) is 0 Å². The molecule has 2 rings (SSSR count). The lowest BCUT2D eigenvalue weighted by Gasteiger charge is -2.05. The Labute approximate surface area is 128 Å². The Kier molecular flexibility index (Phi) is 4.57. The number of pyridine rings is 1. The number of carbonyl (C=O) groups is 1. The van der Waals surface area contributed by atoms with Gasteiger partial charge in [-0.15, -0.1) is 0 Å². The highest BCUT2D eigenvalue weighted by Gasteiger charge is 2.16. The minimum Gasteiger partial charge on any atom is -0.305 e. The summed E-state index contributed by atoms with van der Waals surface area (Å²) in [6.07, 6.45) is 2.00. The minimum atomic E-state index is -3.62. The lowest BCUT2D eigenvalue weighted by Crippen LogP contribution is -2.20. The summed E-state index contributed by atoms with van der Waals surface area (Å²) in [5.74, 6) is 0.0481. The number of hydrogen-bond donors (Lipinski definition) is 3. The van der Waals surface area contributed by atoms with Gasteiger partial charge in [-0.05, 0) is 32.5 Å². The number of H-pyrrole nitrogens is 1. The number of rotatable bonds is 5. The van der Waals surface area contributed by atoms with E-state index in [0.717, 1.165) is 17.7 Å². The first-order chi connectivity index (χ1) is 10.4.